The van der Waals surface area contributed by atoms with Crippen LogP contribution in [0.15, 0.2) is 25.0 Å². The van der Waals surface area contributed by atoms with Crippen LogP contribution in [0.5, 0.6) is 0 Å². The topological polar surface area (TPSA) is 59.8 Å². The zero-order chi connectivity index (χ0) is 19.6. The fourth-order valence-electron chi connectivity index (χ4n) is 2.39. The van der Waals surface area contributed by atoms with Gasteiger partial charge in [0.15, 0.2) is 0 Å². The molecule has 3 rings (SSSR count). The quantitative estimate of drug-likeness (QED) is 0.793. The molecule has 0 bridgehead atoms. The average Bonchev–Trinajstić information content (AvgIpc) is 3.37. The smallest absolute Gasteiger partial charge is 0.282 e. The van der Waals surface area contributed by atoms with Gasteiger partial charge in [0.25, 0.3) is 12.3 Å². The summed E-state index contributed by atoms with van der Waals surface area (Å²) in [6.07, 6.45) is 2.27. The summed E-state index contributed by atoms with van der Waals surface area (Å²) in [7, 11) is 1.47. The van der Waals surface area contributed by atoms with Crippen LogP contribution < -0.4 is 5.32 Å². The fourth-order valence-corrected chi connectivity index (χ4v) is 2.69. The highest BCUT2D eigenvalue weighted by molar-refractivity contribution is 6.32. The van der Waals surface area contributed by atoms with Gasteiger partial charge in [-0.1, -0.05) is 30.0 Å². The van der Waals surface area contributed by atoms with Crippen LogP contribution in [0.1, 0.15) is 46.6 Å². The molecule has 27 heavy (non-hydrogen) atoms. The number of alkyl halides is 2. The number of rotatable bonds is 5. The molecule has 0 aromatic carbocycles. The molecule has 2 aromatic heterocycles. The number of aryl methyl sites for hydroxylation is 1. The molecule has 8 heteroatoms. The molecule has 2 aromatic rings. The van der Waals surface area contributed by atoms with Crippen molar-refractivity contribution < 1.29 is 13.6 Å². The zero-order valence-corrected chi connectivity index (χ0v) is 15.4. The minimum atomic E-state index is -2.84. The van der Waals surface area contributed by atoms with Gasteiger partial charge in [-0.2, -0.15) is 5.10 Å². The zero-order valence-electron chi connectivity index (χ0n) is 14.6. The van der Waals surface area contributed by atoms with E-state index in [1.165, 1.54) is 17.9 Å². The van der Waals surface area contributed by atoms with Crippen LogP contribution in [0.3, 0.4) is 0 Å². The van der Waals surface area contributed by atoms with Crippen molar-refractivity contribution >= 4 is 23.1 Å². The van der Waals surface area contributed by atoms with Gasteiger partial charge in [-0.05, 0) is 24.5 Å². The first kappa shape index (κ1) is 19.1. The molecule has 2 heterocycles. The summed E-state index contributed by atoms with van der Waals surface area (Å²) in [5.74, 6) is 5.96. The van der Waals surface area contributed by atoms with Crippen LogP contribution >= 0.6 is 11.6 Å². The molecule has 5 nitrogen and oxygen atoms in total. The van der Waals surface area contributed by atoms with Crippen molar-refractivity contribution in [1.82, 2.24) is 20.1 Å². The second kappa shape index (κ2) is 7.89. The third kappa shape index (κ3) is 4.72. The molecule has 0 spiro atoms. The van der Waals surface area contributed by atoms with Gasteiger partial charge in [-0.15, -0.1) is 0 Å². The van der Waals surface area contributed by atoms with Gasteiger partial charge in [0.05, 0.1) is 16.3 Å². The maximum atomic E-state index is 13.0. The Morgan fingerprint density at radius 2 is 2.26 bits per heavy atom. The summed E-state index contributed by atoms with van der Waals surface area (Å²) in [5.41, 5.74) is 0.858. The molecule has 0 unspecified atom stereocenters. The molecule has 1 saturated carbocycles. The molecule has 0 atom stereocenters. The summed E-state index contributed by atoms with van der Waals surface area (Å²) in [5, 5.41) is 6.52. The number of amides is 1. The minimum Gasteiger partial charge on any atom is -0.348 e. The second-order valence-corrected chi connectivity index (χ2v) is 6.69. The molecule has 1 fully saturated rings. The Labute approximate surface area is 160 Å². The third-order valence-electron chi connectivity index (χ3n) is 3.95. The molecule has 0 saturated heterocycles. The van der Waals surface area contributed by atoms with Crippen LogP contribution in [0.4, 0.5) is 8.78 Å². The normalized spacial score (nSPS) is 13.2. The first-order chi connectivity index (χ1) is 12.8. The van der Waals surface area contributed by atoms with Crippen LogP contribution in [-0.4, -0.2) is 27.2 Å². The van der Waals surface area contributed by atoms with Gasteiger partial charge in [-0.25, -0.2) is 8.78 Å². The average molecular weight is 391 g/mol. The van der Waals surface area contributed by atoms with Crippen LogP contribution in [0.25, 0.3) is 5.57 Å². The van der Waals surface area contributed by atoms with Gasteiger partial charge in [-0.3, -0.25) is 14.5 Å². The number of nitrogens with zero attached hydrogens (tertiary/aromatic N) is 3. The molecule has 1 N–H and O–H groups in total. The van der Waals surface area contributed by atoms with Gasteiger partial charge in [0.2, 0.25) is 0 Å². The highest BCUT2D eigenvalue weighted by atomic mass is 35.5. The number of hydrogen-bond acceptors (Lipinski definition) is 3. The molecular formula is C19H17ClF2N4O. The maximum Gasteiger partial charge on any atom is 0.282 e. The Morgan fingerprint density at radius 1 is 1.52 bits per heavy atom. The van der Waals surface area contributed by atoms with Crippen LogP contribution in [-0.2, 0) is 7.05 Å². The largest absolute Gasteiger partial charge is 0.348 e. The summed E-state index contributed by atoms with van der Waals surface area (Å²) in [6.45, 7) is 3.87. The number of hydrogen-bond donors (Lipinski definition) is 1. The Bertz CT molecular complexity index is 954. The van der Waals surface area contributed by atoms with E-state index in [2.05, 4.69) is 33.8 Å². The van der Waals surface area contributed by atoms with E-state index < -0.39 is 18.0 Å². The van der Waals surface area contributed by atoms with Gasteiger partial charge in [0.1, 0.15) is 5.69 Å². The van der Waals surface area contributed by atoms with Gasteiger partial charge < -0.3 is 5.32 Å². The fraction of sp³-hybridized carbons (Fsp3) is 0.316. The van der Waals surface area contributed by atoms with Crippen molar-refractivity contribution in [3.05, 3.63) is 52.6 Å². The Kier molecular flexibility index (Phi) is 5.57. The maximum absolute atomic E-state index is 13.0. The van der Waals surface area contributed by atoms with Crippen molar-refractivity contribution in [3.8, 4) is 11.8 Å². The van der Waals surface area contributed by atoms with Crippen molar-refractivity contribution in [1.29, 1.82) is 0 Å². The van der Waals surface area contributed by atoms with E-state index in [0.717, 1.165) is 12.8 Å². The van der Waals surface area contributed by atoms with Gasteiger partial charge in [0, 0.05) is 37.5 Å². The predicted molar refractivity (Wildman–Crippen MR) is 98.4 cm³/mol. The molecule has 0 aliphatic heterocycles. The lowest BCUT2D eigenvalue weighted by Gasteiger charge is -2.09. The summed E-state index contributed by atoms with van der Waals surface area (Å²) < 4.78 is 27.1. The number of aromatic nitrogens is 3. The van der Waals surface area contributed by atoms with Crippen molar-refractivity contribution in [2.45, 2.75) is 19.3 Å². The lowest BCUT2D eigenvalue weighted by atomic mass is 10.1. The van der Waals surface area contributed by atoms with E-state index in [1.807, 2.05) is 0 Å². The summed E-state index contributed by atoms with van der Waals surface area (Å²) >= 11 is 6.24. The molecule has 1 aliphatic carbocycles. The van der Waals surface area contributed by atoms with E-state index in [9.17, 15) is 13.6 Å². The highest BCUT2D eigenvalue weighted by Crippen LogP contribution is 2.28. The summed E-state index contributed by atoms with van der Waals surface area (Å²) in [6, 6.07) is 1.70. The Morgan fingerprint density at radius 3 is 2.89 bits per heavy atom. The minimum absolute atomic E-state index is 0.0101. The van der Waals surface area contributed by atoms with Gasteiger partial charge >= 0.3 is 0 Å². The number of carbonyl (C=O) groups excluding carboxylic acids is 1. The van der Waals surface area contributed by atoms with Crippen LogP contribution in [0, 0.1) is 17.8 Å². The number of pyridine rings is 1. The number of carbonyl (C=O) groups is 1. The molecule has 1 aliphatic rings. The van der Waals surface area contributed by atoms with Crippen molar-refractivity contribution in [2.24, 2.45) is 13.0 Å². The lowest BCUT2D eigenvalue weighted by Crippen LogP contribution is -2.26. The number of nitrogens with one attached hydrogen (secondary N) is 1. The Hall–Kier alpha value is -2.72. The highest BCUT2D eigenvalue weighted by Gasteiger charge is 2.22. The third-order valence-corrected chi connectivity index (χ3v) is 4.23. The van der Waals surface area contributed by atoms with E-state index >= 15 is 0 Å². The first-order valence-corrected chi connectivity index (χ1v) is 8.68. The lowest BCUT2D eigenvalue weighted by molar-refractivity contribution is 0.0944. The molecule has 140 valence electrons. The first-order valence-electron chi connectivity index (χ1n) is 8.30. The SMILES string of the molecule is C=C(CNC(=O)c1cn(C)nc1C(F)F)c1ncc(C#CC2CC2)cc1Cl. The standard InChI is InChI=1S/C19H17ClF2N4O/c1-11(8-24-19(27)14-10-26(2)25-17(14)18(21)22)16-15(20)7-13(9-23-16)6-5-12-3-4-12/h7,9-10,12,18H,1,3-4,8H2,2H3,(H,24,27). The van der Waals surface area contributed by atoms with E-state index in [4.69, 9.17) is 11.6 Å². The number of halogens is 3. The monoisotopic (exact) mass is 390 g/mol. The predicted octanol–water partition coefficient (Wildman–Crippen LogP) is 3.61. The van der Waals surface area contributed by atoms with Crippen molar-refractivity contribution in [2.75, 3.05) is 6.54 Å². The van der Waals surface area contributed by atoms with E-state index in [-0.39, 0.29) is 12.1 Å². The molecule has 1 amide bonds. The van der Waals surface area contributed by atoms with E-state index in [1.54, 1.807) is 12.3 Å². The van der Waals surface area contributed by atoms with Crippen LogP contribution in [0.2, 0.25) is 5.02 Å². The van der Waals surface area contributed by atoms with E-state index in [0.29, 0.717) is 27.8 Å². The summed E-state index contributed by atoms with van der Waals surface area (Å²) in [4.78, 5) is 16.5. The molecular weight excluding hydrogens is 374 g/mol. The Balaban J connectivity index is 1.65. The van der Waals surface area contributed by atoms with Crippen molar-refractivity contribution in [3.63, 3.8) is 0 Å². The molecule has 0 radical (unpaired) electrons. The second-order valence-electron chi connectivity index (χ2n) is 6.29.